The van der Waals surface area contributed by atoms with E-state index in [1.165, 1.54) is 44.9 Å². The van der Waals surface area contributed by atoms with Gasteiger partial charge in [0.25, 0.3) is 0 Å². The molecule has 30 heavy (non-hydrogen) atoms. The summed E-state index contributed by atoms with van der Waals surface area (Å²) >= 11 is 0. The van der Waals surface area contributed by atoms with Crippen LogP contribution in [0.15, 0.2) is 16.8 Å². The first-order valence-corrected chi connectivity index (χ1v) is 12.7. The van der Waals surface area contributed by atoms with Crippen LogP contribution < -0.4 is 0 Å². The fourth-order valence-electron chi connectivity index (χ4n) is 8.50. The van der Waals surface area contributed by atoms with Crippen molar-refractivity contribution in [2.75, 3.05) is 0 Å². The Morgan fingerprint density at radius 3 is 2.57 bits per heavy atom. The summed E-state index contributed by atoms with van der Waals surface area (Å²) < 4.78 is 0. The molecule has 4 aliphatic carbocycles. The van der Waals surface area contributed by atoms with Crippen molar-refractivity contribution in [1.82, 2.24) is 0 Å². The van der Waals surface area contributed by atoms with E-state index in [2.05, 4.69) is 39.8 Å². The van der Waals surface area contributed by atoms with E-state index < -0.39 is 0 Å². The molecule has 0 unspecified atom stereocenters. The van der Waals surface area contributed by atoms with Gasteiger partial charge in [0.15, 0.2) is 5.78 Å². The van der Waals surface area contributed by atoms with E-state index in [-0.39, 0.29) is 5.41 Å². The summed E-state index contributed by atoms with van der Waals surface area (Å²) in [6.07, 6.45) is 13.8. The Morgan fingerprint density at radius 2 is 1.87 bits per heavy atom. The van der Waals surface area contributed by atoms with Gasteiger partial charge in [-0.05, 0) is 90.9 Å². The van der Waals surface area contributed by atoms with Crippen molar-refractivity contribution in [3.05, 3.63) is 11.6 Å². The van der Waals surface area contributed by atoms with Gasteiger partial charge in [0.1, 0.15) is 0 Å². The third-order valence-electron chi connectivity index (χ3n) is 10.1. The molecule has 7 atom stereocenters. The minimum Gasteiger partial charge on any atom is -0.411 e. The van der Waals surface area contributed by atoms with Crippen LogP contribution >= 0.6 is 0 Å². The van der Waals surface area contributed by atoms with Crippen LogP contribution in [0.1, 0.15) is 98.8 Å². The smallest absolute Gasteiger partial charge is 0.159 e. The van der Waals surface area contributed by atoms with Crippen molar-refractivity contribution in [2.45, 2.75) is 98.8 Å². The molecule has 0 radical (unpaired) electrons. The number of Topliss-reactive ketones (excluding diaryl/α,β-unsaturated/α-hetero) is 1. The molecule has 0 aromatic heterocycles. The summed E-state index contributed by atoms with van der Waals surface area (Å²) in [5.74, 6) is 4.66. The van der Waals surface area contributed by atoms with Crippen LogP contribution in [0, 0.1) is 46.3 Å². The van der Waals surface area contributed by atoms with Crippen LogP contribution in [0.4, 0.5) is 0 Å². The lowest BCUT2D eigenvalue weighted by Crippen LogP contribution is -2.53. The maximum Gasteiger partial charge on any atom is 0.159 e. The zero-order valence-electron chi connectivity index (χ0n) is 19.9. The lowest BCUT2D eigenvalue weighted by atomic mass is 9.46. The summed E-state index contributed by atoms with van der Waals surface area (Å²) in [7, 11) is 0. The molecule has 0 aliphatic heterocycles. The number of allylic oxidation sites excluding steroid dienone is 2. The lowest BCUT2D eigenvalue weighted by Gasteiger charge is -2.58. The SMILES string of the molecule is CC(C)CCC[C@H](C)[C@@H]1CC[C@@H]2[C@H]3CC(=O)C4=CC(=NO)CC[C@]4(C)[C@@H]3CC[C@@]21C. The molecule has 1 N–H and O–H groups in total. The van der Waals surface area contributed by atoms with E-state index in [1.54, 1.807) is 0 Å². The number of carbonyl (C=O) groups excluding carboxylic acids is 1. The number of ketones is 1. The highest BCUT2D eigenvalue weighted by Crippen LogP contribution is 2.67. The maximum absolute atomic E-state index is 13.3. The molecule has 3 saturated carbocycles. The van der Waals surface area contributed by atoms with Crippen LogP contribution in [0.2, 0.25) is 0 Å². The van der Waals surface area contributed by atoms with Gasteiger partial charge in [0.2, 0.25) is 0 Å². The third kappa shape index (κ3) is 3.48. The number of fused-ring (bicyclic) bond motifs is 5. The quantitative estimate of drug-likeness (QED) is 0.388. The molecule has 0 heterocycles. The molecular weight excluding hydrogens is 370 g/mol. The van der Waals surface area contributed by atoms with Crippen molar-refractivity contribution in [2.24, 2.45) is 51.5 Å². The van der Waals surface area contributed by atoms with Gasteiger partial charge in [-0.3, -0.25) is 4.79 Å². The minimum absolute atomic E-state index is 0.0174. The molecule has 0 aromatic rings. The van der Waals surface area contributed by atoms with Crippen molar-refractivity contribution in [1.29, 1.82) is 0 Å². The first-order valence-electron chi connectivity index (χ1n) is 12.7. The molecule has 168 valence electrons. The Morgan fingerprint density at radius 1 is 1.10 bits per heavy atom. The van der Waals surface area contributed by atoms with Crippen LogP contribution in [-0.2, 0) is 4.79 Å². The normalized spacial score (nSPS) is 43.2. The van der Waals surface area contributed by atoms with Gasteiger partial charge in [-0.25, -0.2) is 0 Å². The van der Waals surface area contributed by atoms with E-state index >= 15 is 0 Å². The minimum atomic E-state index is -0.0174. The first kappa shape index (κ1) is 22.1. The predicted molar refractivity (Wildman–Crippen MR) is 123 cm³/mol. The molecular formula is C27H43NO2. The summed E-state index contributed by atoms with van der Waals surface area (Å²) in [5.41, 5.74) is 2.05. The monoisotopic (exact) mass is 413 g/mol. The largest absolute Gasteiger partial charge is 0.411 e. The van der Waals surface area contributed by atoms with Crippen LogP contribution in [0.5, 0.6) is 0 Å². The molecule has 3 nitrogen and oxygen atoms in total. The summed E-state index contributed by atoms with van der Waals surface area (Å²) in [6, 6.07) is 0. The van der Waals surface area contributed by atoms with E-state index in [0.717, 1.165) is 42.6 Å². The summed E-state index contributed by atoms with van der Waals surface area (Å²) in [6.45, 7) is 12.1. The van der Waals surface area contributed by atoms with Crippen LogP contribution in [0.25, 0.3) is 0 Å². The van der Waals surface area contributed by atoms with Gasteiger partial charge in [-0.15, -0.1) is 0 Å². The maximum atomic E-state index is 13.3. The number of rotatable bonds is 5. The average Bonchev–Trinajstić information content (AvgIpc) is 3.05. The molecule has 0 amide bonds. The molecule has 4 rings (SSSR count). The highest BCUT2D eigenvalue weighted by molar-refractivity contribution is 6.07. The molecule has 0 spiro atoms. The Kier molecular flexibility index (Phi) is 5.96. The standard InChI is InChI=1S/C27H43NO2/c1-17(2)7-6-8-18(3)21-9-10-22-20-16-25(29)24-15-19(28-30)11-13-27(24,5)23(20)12-14-26(21,22)4/h15,17-18,20-23,30H,6-14,16H2,1-5H3/t18-,20+,21-,22+,23+,26+,27+/m0/s1. The number of oxime groups is 1. The van der Waals surface area contributed by atoms with Gasteiger partial charge in [0.05, 0.1) is 5.71 Å². The van der Waals surface area contributed by atoms with Gasteiger partial charge >= 0.3 is 0 Å². The second kappa shape index (κ2) is 8.10. The zero-order chi connectivity index (χ0) is 21.7. The van der Waals surface area contributed by atoms with Gasteiger partial charge in [0, 0.05) is 12.0 Å². The molecule has 0 bridgehead atoms. The van der Waals surface area contributed by atoms with E-state index in [4.69, 9.17) is 0 Å². The molecule has 3 fully saturated rings. The average molecular weight is 414 g/mol. The number of carbonyl (C=O) groups is 1. The number of hydrogen-bond donors (Lipinski definition) is 1. The highest BCUT2D eigenvalue weighted by Gasteiger charge is 2.60. The second-order valence-corrected chi connectivity index (χ2v) is 12.1. The molecule has 0 saturated heterocycles. The van der Waals surface area contributed by atoms with E-state index in [1.807, 2.05) is 6.08 Å². The van der Waals surface area contributed by atoms with Crippen molar-refractivity contribution >= 4 is 11.5 Å². The van der Waals surface area contributed by atoms with E-state index in [0.29, 0.717) is 34.7 Å². The molecule has 4 aliphatic rings. The zero-order valence-corrected chi connectivity index (χ0v) is 19.9. The Bertz CT molecular complexity index is 737. The van der Waals surface area contributed by atoms with Crippen LogP contribution in [0.3, 0.4) is 0 Å². The first-order chi connectivity index (χ1) is 14.2. The highest BCUT2D eigenvalue weighted by atomic mass is 16.4. The van der Waals surface area contributed by atoms with Gasteiger partial charge in [-0.2, -0.15) is 0 Å². The Hall–Kier alpha value is -1.12. The van der Waals surface area contributed by atoms with Crippen LogP contribution in [-0.4, -0.2) is 16.7 Å². The number of nitrogens with zero attached hydrogens (tertiary/aromatic N) is 1. The van der Waals surface area contributed by atoms with Crippen molar-refractivity contribution < 1.29 is 10.0 Å². The lowest BCUT2D eigenvalue weighted by molar-refractivity contribution is -0.128. The fourth-order valence-corrected chi connectivity index (χ4v) is 8.50. The molecule has 0 aromatic carbocycles. The summed E-state index contributed by atoms with van der Waals surface area (Å²) in [4.78, 5) is 13.3. The fraction of sp³-hybridized carbons (Fsp3) is 0.852. The van der Waals surface area contributed by atoms with Gasteiger partial charge in [-0.1, -0.05) is 59.0 Å². The van der Waals surface area contributed by atoms with Gasteiger partial charge < -0.3 is 5.21 Å². The van der Waals surface area contributed by atoms with Crippen molar-refractivity contribution in [3.8, 4) is 0 Å². The summed E-state index contributed by atoms with van der Waals surface area (Å²) in [5, 5.41) is 12.7. The topological polar surface area (TPSA) is 49.7 Å². The second-order valence-electron chi connectivity index (χ2n) is 12.1. The Balaban J connectivity index is 1.54. The third-order valence-corrected chi connectivity index (χ3v) is 10.1. The predicted octanol–water partition coefficient (Wildman–Crippen LogP) is 7.04. The Labute approximate surface area is 183 Å². The number of hydrogen-bond acceptors (Lipinski definition) is 3. The molecule has 3 heteroatoms. The van der Waals surface area contributed by atoms with Crippen molar-refractivity contribution in [3.63, 3.8) is 0 Å². The van der Waals surface area contributed by atoms with E-state index in [9.17, 15) is 10.0 Å².